The zero-order valence-electron chi connectivity index (χ0n) is 13.7. The third-order valence-electron chi connectivity index (χ3n) is 3.93. The molecule has 1 unspecified atom stereocenters. The van der Waals surface area contributed by atoms with E-state index < -0.39 is 0 Å². The van der Waals surface area contributed by atoms with Crippen molar-refractivity contribution >= 4 is 35.8 Å². The van der Waals surface area contributed by atoms with Crippen LogP contribution >= 0.6 is 24.0 Å². The predicted molar refractivity (Wildman–Crippen MR) is 105 cm³/mol. The van der Waals surface area contributed by atoms with E-state index in [9.17, 15) is 4.79 Å². The quantitative estimate of drug-likeness (QED) is 0.428. The first-order valence-electron chi connectivity index (χ1n) is 8.00. The molecule has 128 valence electrons. The van der Waals surface area contributed by atoms with E-state index >= 15 is 0 Å². The number of rotatable bonds is 5. The van der Waals surface area contributed by atoms with Crippen molar-refractivity contribution in [2.75, 3.05) is 19.6 Å². The van der Waals surface area contributed by atoms with Gasteiger partial charge in [-0.25, -0.2) is 0 Å². The van der Waals surface area contributed by atoms with Gasteiger partial charge in [0.1, 0.15) is 0 Å². The Morgan fingerprint density at radius 3 is 2.83 bits per heavy atom. The fourth-order valence-corrected chi connectivity index (χ4v) is 2.65. The van der Waals surface area contributed by atoms with Gasteiger partial charge in [0.2, 0.25) is 5.91 Å². The van der Waals surface area contributed by atoms with Gasteiger partial charge in [-0.2, -0.15) is 0 Å². The molecule has 0 saturated carbocycles. The first-order valence-corrected chi connectivity index (χ1v) is 8.00. The zero-order chi connectivity index (χ0) is 15.8. The number of likely N-dealkylation sites (tertiary alicyclic amines) is 1. The van der Waals surface area contributed by atoms with E-state index in [1.807, 2.05) is 30.3 Å². The van der Waals surface area contributed by atoms with Crippen molar-refractivity contribution in [2.24, 2.45) is 16.6 Å². The van der Waals surface area contributed by atoms with E-state index in [0.29, 0.717) is 31.4 Å². The molecule has 1 amide bonds. The number of carbonyl (C=O) groups excluding carboxylic acids is 1. The molecule has 1 heterocycles. The maximum absolute atomic E-state index is 11.8. The Balaban J connectivity index is 0.00000264. The number of nitrogens with one attached hydrogen (secondary N) is 1. The van der Waals surface area contributed by atoms with Crippen LogP contribution in [-0.4, -0.2) is 36.4 Å². The van der Waals surface area contributed by atoms with Crippen LogP contribution in [0, 0.1) is 5.92 Å². The highest BCUT2D eigenvalue weighted by molar-refractivity contribution is 14.0. The van der Waals surface area contributed by atoms with Crippen LogP contribution in [0.2, 0.25) is 0 Å². The number of carbonyl (C=O) groups is 1. The molecule has 0 spiro atoms. The number of aliphatic imine (C=N–C) groups is 1. The van der Waals surface area contributed by atoms with Gasteiger partial charge >= 0.3 is 0 Å². The second kappa shape index (κ2) is 10.5. The van der Waals surface area contributed by atoms with Crippen LogP contribution < -0.4 is 11.1 Å². The van der Waals surface area contributed by atoms with Crippen molar-refractivity contribution < 1.29 is 4.79 Å². The molecular formula is C17H27IN4O. The molecule has 3 N–H and O–H groups in total. The van der Waals surface area contributed by atoms with E-state index in [4.69, 9.17) is 5.73 Å². The molecule has 1 aliphatic heterocycles. The van der Waals surface area contributed by atoms with Gasteiger partial charge in [0.25, 0.3) is 0 Å². The number of guanidine groups is 1. The lowest BCUT2D eigenvalue weighted by Gasteiger charge is -2.31. The normalized spacial score (nSPS) is 18.2. The minimum Gasteiger partial charge on any atom is -0.370 e. The van der Waals surface area contributed by atoms with E-state index in [0.717, 1.165) is 25.1 Å². The molecule has 0 bridgehead atoms. The van der Waals surface area contributed by atoms with Crippen LogP contribution in [0.25, 0.3) is 0 Å². The number of benzene rings is 1. The van der Waals surface area contributed by atoms with Gasteiger partial charge in [-0.3, -0.25) is 9.79 Å². The van der Waals surface area contributed by atoms with Crippen LogP contribution in [0.4, 0.5) is 0 Å². The number of nitrogens with two attached hydrogens (primary N) is 1. The van der Waals surface area contributed by atoms with Crippen molar-refractivity contribution in [3.63, 3.8) is 0 Å². The Hall–Kier alpha value is -1.31. The molecular weight excluding hydrogens is 403 g/mol. The Kier molecular flexibility index (Phi) is 8.98. The highest BCUT2D eigenvalue weighted by Gasteiger charge is 2.17. The van der Waals surface area contributed by atoms with E-state index in [2.05, 4.69) is 22.1 Å². The Morgan fingerprint density at radius 2 is 2.13 bits per heavy atom. The molecule has 23 heavy (non-hydrogen) atoms. The molecule has 1 aromatic rings. The molecule has 5 nitrogen and oxygen atoms in total. The summed E-state index contributed by atoms with van der Waals surface area (Å²) in [6.45, 7) is 5.17. The van der Waals surface area contributed by atoms with E-state index in [-0.39, 0.29) is 29.9 Å². The largest absolute Gasteiger partial charge is 0.370 e. The van der Waals surface area contributed by atoms with Crippen molar-refractivity contribution in [2.45, 2.75) is 32.7 Å². The fraction of sp³-hybridized carbons (Fsp3) is 0.529. The average Bonchev–Trinajstić information content (AvgIpc) is 2.54. The minimum atomic E-state index is 0. The van der Waals surface area contributed by atoms with Gasteiger partial charge in [-0.15, -0.1) is 24.0 Å². The Bertz CT molecular complexity index is 507. The average molecular weight is 430 g/mol. The van der Waals surface area contributed by atoms with Crippen molar-refractivity contribution in [1.82, 2.24) is 10.2 Å². The van der Waals surface area contributed by atoms with Crippen LogP contribution in [-0.2, 0) is 11.3 Å². The molecule has 1 fully saturated rings. The number of piperidine rings is 1. The van der Waals surface area contributed by atoms with E-state index in [1.54, 1.807) is 0 Å². The third-order valence-corrected chi connectivity index (χ3v) is 3.93. The SMILES string of the molecule is CC1CCCN(C(N)=NCCC(=O)NCc2ccccc2)C1.I. The maximum Gasteiger partial charge on any atom is 0.222 e. The topological polar surface area (TPSA) is 70.7 Å². The second-order valence-electron chi connectivity index (χ2n) is 5.95. The molecule has 0 aliphatic carbocycles. The summed E-state index contributed by atoms with van der Waals surface area (Å²) >= 11 is 0. The number of hydrogen-bond acceptors (Lipinski definition) is 2. The lowest BCUT2D eigenvalue weighted by Crippen LogP contribution is -2.43. The van der Waals surface area contributed by atoms with Gasteiger partial charge in [-0.05, 0) is 24.3 Å². The Morgan fingerprint density at radius 1 is 1.39 bits per heavy atom. The van der Waals surface area contributed by atoms with Gasteiger partial charge in [0.15, 0.2) is 5.96 Å². The lowest BCUT2D eigenvalue weighted by atomic mass is 10.0. The first-order chi connectivity index (χ1) is 10.6. The molecule has 1 saturated heterocycles. The van der Waals surface area contributed by atoms with Crippen LogP contribution in [0.1, 0.15) is 31.7 Å². The highest BCUT2D eigenvalue weighted by atomic mass is 127. The van der Waals surface area contributed by atoms with Crippen LogP contribution in [0.5, 0.6) is 0 Å². The summed E-state index contributed by atoms with van der Waals surface area (Å²) in [7, 11) is 0. The fourth-order valence-electron chi connectivity index (χ4n) is 2.65. The molecule has 0 aromatic heterocycles. The minimum absolute atomic E-state index is 0. The Labute approximate surface area is 155 Å². The summed E-state index contributed by atoms with van der Waals surface area (Å²) < 4.78 is 0. The monoisotopic (exact) mass is 430 g/mol. The zero-order valence-corrected chi connectivity index (χ0v) is 16.0. The molecule has 1 aromatic carbocycles. The highest BCUT2D eigenvalue weighted by Crippen LogP contribution is 2.14. The lowest BCUT2D eigenvalue weighted by molar-refractivity contribution is -0.121. The molecule has 2 rings (SSSR count). The van der Waals surface area contributed by atoms with Crippen LogP contribution in [0.15, 0.2) is 35.3 Å². The molecule has 1 aliphatic rings. The summed E-state index contributed by atoms with van der Waals surface area (Å²) in [4.78, 5) is 18.2. The van der Waals surface area contributed by atoms with E-state index in [1.165, 1.54) is 6.42 Å². The molecule has 0 radical (unpaired) electrons. The predicted octanol–water partition coefficient (Wildman–Crippen LogP) is 2.36. The molecule has 6 heteroatoms. The summed E-state index contributed by atoms with van der Waals surface area (Å²) in [5.74, 6) is 1.24. The van der Waals surface area contributed by atoms with Crippen molar-refractivity contribution in [1.29, 1.82) is 0 Å². The van der Waals surface area contributed by atoms with Gasteiger partial charge < -0.3 is 16.0 Å². The van der Waals surface area contributed by atoms with Crippen LogP contribution in [0.3, 0.4) is 0 Å². The summed E-state index contributed by atoms with van der Waals surface area (Å²) in [5, 5.41) is 2.90. The summed E-state index contributed by atoms with van der Waals surface area (Å²) in [6.07, 6.45) is 2.79. The third kappa shape index (κ3) is 7.20. The number of hydrogen-bond donors (Lipinski definition) is 2. The first kappa shape index (κ1) is 19.7. The van der Waals surface area contributed by atoms with Crippen molar-refractivity contribution in [3.05, 3.63) is 35.9 Å². The number of halogens is 1. The number of nitrogens with zero attached hydrogens (tertiary/aromatic N) is 2. The number of amides is 1. The van der Waals surface area contributed by atoms with Gasteiger partial charge in [0, 0.05) is 26.1 Å². The second-order valence-corrected chi connectivity index (χ2v) is 5.95. The summed E-state index contributed by atoms with van der Waals surface area (Å²) in [5.41, 5.74) is 7.10. The van der Waals surface area contributed by atoms with Crippen molar-refractivity contribution in [3.8, 4) is 0 Å². The molecule has 1 atom stereocenters. The maximum atomic E-state index is 11.8. The standard InChI is InChI=1S/C17H26N4O.HI/c1-14-6-5-11-21(13-14)17(18)19-10-9-16(22)20-12-15-7-3-2-4-8-15;/h2-4,7-8,14H,5-6,9-13H2,1H3,(H2,18,19)(H,20,22);1H. The summed E-state index contributed by atoms with van der Waals surface area (Å²) in [6, 6.07) is 9.88. The van der Waals surface area contributed by atoms with Gasteiger partial charge in [-0.1, -0.05) is 37.3 Å². The van der Waals surface area contributed by atoms with Gasteiger partial charge in [0.05, 0.1) is 6.54 Å². The smallest absolute Gasteiger partial charge is 0.222 e.